The van der Waals surface area contributed by atoms with Gasteiger partial charge < -0.3 is 24.7 Å². The first-order chi connectivity index (χ1) is 20.4. The number of fused-ring (bicyclic) bond motifs is 3. The maximum atomic E-state index is 13.0. The van der Waals surface area contributed by atoms with E-state index >= 15 is 0 Å². The van der Waals surface area contributed by atoms with Crippen LogP contribution in [0.15, 0.2) is 42.6 Å². The summed E-state index contributed by atoms with van der Waals surface area (Å²) in [7, 11) is -3.02. The summed E-state index contributed by atoms with van der Waals surface area (Å²) in [6.07, 6.45) is 3.32. The van der Waals surface area contributed by atoms with Crippen LogP contribution in [0.2, 0.25) is 5.02 Å². The van der Waals surface area contributed by atoms with Crippen LogP contribution in [-0.4, -0.2) is 65.9 Å². The number of hydrogen-bond acceptors (Lipinski definition) is 8. The SMILES string of the molecule is CP(C)(=O)c1cc(OC(F)(F)F)ccc1Nc1nc(Nc2ccc3c(c2)CC[C@H](N2C4CCC2COC4)CC3)ncc1Cl. The van der Waals surface area contributed by atoms with E-state index in [1.54, 1.807) is 0 Å². The maximum Gasteiger partial charge on any atom is 0.573 e. The third kappa shape index (κ3) is 6.95. The standard InChI is InChI=1S/C30H34ClF3N5O3P/c1-43(2,40)27-14-24(42-30(32,33)34)11-12-26(27)37-28-25(31)15-35-29(38-28)36-20-6-3-18-4-7-21(8-5-19(18)13-20)39-22-9-10-23(39)17-41-16-22/h3,6,11-15,21-23H,4-5,7-10,16-17H2,1-2H3,(H2,35,36,37,38)/t21-,22?,23?/m1/s1. The number of nitrogens with one attached hydrogen (secondary N) is 2. The van der Waals surface area contributed by atoms with E-state index in [1.165, 1.54) is 49.6 Å². The normalized spacial score (nSPS) is 22.5. The molecule has 2 saturated heterocycles. The molecule has 1 aliphatic carbocycles. The molecule has 3 heterocycles. The second kappa shape index (κ2) is 11.9. The highest BCUT2D eigenvalue weighted by atomic mass is 35.5. The van der Waals surface area contributed by atoms with Gasteiger partial charge in [-0.15, -0.1) is 13.2 Å². The molecule has 2 bridgehead atoms. The van der Waals surface area contributed by atoms with Gasteiger partial charge in [-0.3, -0.25) is 4.90 Å². The molecule has 2 fully saturated rings. The summed E-state index contributed by atoms with van der Waals surface area (Å²) in [6, 6.07) is 11.6. The molecule has 3 atom stereocenters. The highest BCUT2D eigenvalue weighted by Crippen LogP contribution is 2.41. The van der Waals surface area contributed by atoms with E-state index in [1.807, 2.05) is 6.07 Å². The summed E-state index contributed by atoms with van der Waals surface area (Å²) in [5.41, 5.74) is 3.83. The van der Waals surface area contributed by atoms with Crippen LogP contribution in [0.25, 0.3) is 0 Å². The fourth-order valence-corrected chi connectivity index (χ4v) is 7.84. The number of hydrogen-bond donors (Lipinski definition) is 2. The molecule has 2 unspecified atom stereocenters. The molecule has 0 saturated carbocycles. The summed E-state index contributed by atoms with van der Waals surface area (Å²) in [5, 5.41) is 6.65. The van der Waals surface area contributed by atoms with Gasteiger partial charge in [0, 0.05) is 29.1 Å². The van der Waals surface area contributed by atoms with Crippen LogP contribution in [0.1, 0.15) is 36.8 Å². The van der Waals surface area contributed by atoms with E-state index in [9.17, 15) is 17.7 Å². The smallest absolute Gasteiger partial charge is 0.406 e. The average molecular weight is 636 g/mol. The quantitative estimate of drug-likeness (QED) is 0.215. The molecule has 0 spiro atoms. The number of aryl methyl sites for hydroxylation is 2. The van der Waals surface area contributed by atoms with Crippen LogP contribution < -0.4 is 20.7 Å². The largest absolute Gasteiger partial charge is 0.573 e. The molecule has 3 aliphatic rings. The van der Waals surface area contributed by atoms with Crippen LogP contribution in [-0.2, 0) is 22.1 Å². The lowest BCUT2D eigenvalue weighted by Gasteiger charge is -2.40. The highest BCUT2D eigenvalue weighted by molar-refractivity contribution is 7.70. The minimum atomic E-state index is -4.87. The number of rotatable bonds is 7. The van der Waals surface area contributed by atoms with Crippen molar-refractivity contribution >= 4 is 47.2 Å². The Balaban J connectivity index is 1.18. The number of anilines is 4. The molecule has 2 aromatic carbocycles. The summed E-state index contributed by atoms with van der Waals surface area (Å²) in [6.45, 7) is 4.62. The zero-order valence-corrected chi connectivity index (χ0v) is 25.6. The van der Waals surface area contributed by atoms with Crippen molar-refractivity contribution < 1.29 is 27.2 Å². The highest BCUT2D eigenvalue weighted by Gasteiger charge is 2.41. The van der Waals surface area contributed by atoms with Crippen molar-refractivity contribution in [2.24, 2.45) is 0 Å². The third-order valence-corrected chi connectivity index (χ3v) is 10.3. The Morgan fingerprint density at radius 3 is 2.40 bits per heavy atom. The maximum absolute atomic E-state index is 13.0. The van der Waals surface area contributed by atoms with E-state index in [4.69, 9.17) is 16.3 Å². The Labute approximate surface area is 253 Å². The first kappa shape index (κ1) is 30.2. The lowest BCUT2D eigenvalue weighted by Crippen LogP contribution is -2.51. The molecule has 8 nitrogen and oxygen atoms in total. The van der Waals surface area contributed by atoms with Crippen LogP contribution in [0.4, 0.5) is 36.3 Å². The fraction of sp³-hybridized carbons (Fsp3) is 0.467. The lowest BCUT2D eigenvalue weighted by atomic mass is 10.0. The van der Waals surface area contributed by atoms with Gasteiger partial charge in [-0.2, -0.15) is 4.98 Å². The van der Waals surface area contributed by atoms with E-state index in [-0.39, 0.29) is 22.1 Å². The number of morpholine rings is 1. The van der Waals surface area contributed by atoms with Crippen LogP contribution >= 0.6 is 18.7 Å². The summed E-state index contributed by atoms with van der Waals surface area (Å²) < 4.78 is 61.1. The van der Waals surface area contributed by atoms with Crippen molar-refractivity contribution in [2.45, 2.75) is 63.0 Å². The average Bonchev–Trinajstić information content (AvgIpc) is 3.08. The van der Waals surface area contributed by atoms with Crippen molar-refractivity contribution in [3.05, 3.63) is 58.7 Å². The van der Waals surface area contributed by atoms with Gasteiger partial charge in [-0.25, -0.2) is 4.98 Å². The minimum absolute atomic E-state index is 0.174. The molecule has 0 radical (unpaired) electrons. The Bertz CT molecular complexity index is 1540. The van der Waals surface area contributed by atoms with E-state index < -0.39 is 19.3 Å². The van der Waals surface area contributed by atoms with Crippen LogP contribution in [0.3, 0.4) is 0 Å². The molecule has 0 amide bonds. The molecular weight excluding hydrogens is 602 g/mol. The van der Waals surface area contributed by atoms with Gasteiger partial charge in [0.15, 0.2) is 5.82 Å². The molecule has 230 valence electrons. The van der Waals surface area contributed by atoms with Gasteiger partial charge in [0.05, 0.1) is 25.1 Å². The van der Waals surface area contributed by atoms with Gasteiger partial charge in [-0.1, -0.05) is 17.7 Å². The number of nitrogens with zero attached hydrogens (tertiary/aromatic N) is 3. The minimum Gasteiger partial charge on any atom is -0.406 e. The molecule has 6 rings (SSSR count). The Kier molecular flexibility index (Phi) is 8.37. The molecule has 43 heavy (non-hydrogen) atoms. The van der Waals surface area contributed by atoms with Crippen LogP contribution in [0.5, 0.6) is 5.75 Å². The predicted molar refractivity (Wildman–Crippen MR) is 162 cm³/mol. The number of ether oxygens (including phenoxy) is 2. The van der Waals surface area contributed by atoms with Crippen molar-refractivity contribution in [3.8, 4) is 5.75 Å². The van der Waals surface area contributed by atoms with Gasteiger partial charge in [-0.05, 0) is 93.3 Å². The van der Waals surface area contributed by atoms with Crippen LogP contribution in [0, 0.1) is 0 Å². The van der Waals surface area contributed by atoms with Crippen molar-refractivity contribution in [3.63, 3.8) is 0 Å². The topological polar surface area (TPSA) is 88.6 Å². The van der Waals surface area contributed by atoms with Crippen molar-refractivity contribution in [1.29, 1.82) is 0 Å². The fourth-order valence-electron chi connectivity index (χ4n) is 6.55. The Hall–Kier alpha value is -2.85. The molecular formula is C30H34ClF3N5O3P. The molecule has 13 heteroatoms. The first-order valence-electron chi connectivity index (χ1n) is 14.4. The zero-order chi connectivity index (χ0) is 30.4. The number of benzene rings is 2. The van der Waals surface area contributed by atoms with Gasteiger partial charge in [0.25, 0.3) is 0 Å². The Morgan fingerprint density at radius 1 is 0.977 bits per heavy atom. The summed E-state index contributed by atoms with van der Waals surface area (Å²) in [5.74, 6) is 0.0500. The van der Waals surface area contributed by atoms with Gasteiger partial charge in [0.2, 0.25) is 5.95 Å². The third-order valence-electron chi connectivity index (χ3n) is 8.45. The first-order valence-corrected chi connectivity index (χ1v) is 17.4. The van der Waals surface area contributed by atoms with E-state index in [0.29, 0.717) is 23.8 Å². The van der Waals surface area contributed by atoms with Gasteiger partial charge in [0.1, 0.15) is 17.9 Å². The Morgan fingerprint density at radius 2 is 1.70 bits per heavy atom. The number of halogens is 4. The summed E-state index contributed by atoms with van der Waals surface area (Å²) >= 11 is 6.38. The molecule has 3 aromatic rings. The van der Waals surface area contributed by atoms with Gasteiger partial charge >= 0.3 is 6.36 Å². The molecule has 2 N–H and O–H groups in total. The second-order valence-electron chi connectivity index (χ2n) is 11.8. The second-order valence-corrected chi connectivity index (χ2v) is 15.4. The molecule has 2 aliphatic heterocycles. The van der Waals surface area contributed by atoms with E-state index in [2.05, 4.69) is 42.4 Å². The van der Waals surface area contributed by atoms with Crippen molar-refractivity contribution in [2.75, 3.05) is 37.2 Å². The lowest BCUT2D eigenvalue weighted by molar-refractivity contribution is -0.274. The number of alkyl halides is 3. The van der Waals surface area contributed by atoms with E-state index in [0.717, 1.165) is 56.7 Å². The monoisotopic (exact) mass is 635 g/mol. The number of aromatic nitrogens is 2. The van der Waals surface area contributed by atoms with Crippen molar-refractivity contribution in [1.82, 2.24) is 14.9 Å². The predicted octanol–water partition coefficient (Wildman–Crippen LogP) is 6.87. The summed E-state index contributed by atoms with van der Waals surface area (Å²) in [4.78, 5) is 11.6. The zero-order valence-electron chi connectivity index (χ0n) is 24.0. The molecule has 1 aromatic heterocycles.